The third kappa shape index (κ3) is 2.51. The quantitative estimate of drug-likeness (QED) is 0.865. The Morgan fingerprint density at radius 2 is 2.25 bits per heavy atom. The van der Waals surface area contributed by atoms with Crippen molar-refractivity contribution in [3.05, 3.63) is 52.8 Å². The van der Waals surface area contributed by atoms with Gasteiger partial charge in [-0.25, -0.2) is 0 Å². The summed E-state index contributed by atoms with van der Waals surface area (Å²) in [6.45, 7) is 4.82. The molecule has 0 aliphatic carbocycles. The fraction of sp³-hybridized carbons (Fsp3) is 0.375. The highest BCUT2D eigenvalue weighted by molar-refractivity contribution is 6.08. The Bertz CT molecular complexity index is 630. The smallest absolute Gasteiger partial charge is 0.196 e. The standard InChI is InChI=1S/C16H19N3O/c1-2-7-19-11-15(10-18-19)16(20)13-4-3-12-5-6-17-9-14(12)8-13/h3-4,8,10-11,17H,2,5-7,9H2,1H3. The topological polar surface area (TPSA) is 46.9 Å². The first-order valence-electron chi connectivity index (χ1n) is 7.17. The third-order valence-electron chi connectivity index (χ3n) is 3.70. The van der Waals surface area contributed by atoms with E-state index >= 15 is 0 Å². The van der Waals surface area contributed by atoms with E-state index in [0.29, 0.717) is 5.56 Å². The minimum absolute atomic E-state index is 0.0562. The highest BCUT2D eigenvalue weighted by Gasteiger charge is 2.15. The molecule has 2 aromatic rings. The molecule has 0 saturated heterocycles. The van der Waals surface area contributed by atoms with E-state index in [-0.39, 0.29) is 5.78 Å². The van der Waals surface area contributed by atoms with Gasteiger partial charge < -0.3 is 5.32 Å². The van der Waals surface area contributed by atoms with Gasteiger partial charge >= 0.3 is 0 Å². The molecule has 20 heavy (non-hydrogen) atoms. The molecule has 104 valence electrons. The molecule has 1 aromatic heterocycles. The molecule has 0 bridgehead atoms. The van der Waals surface area contributed by atoms with Gasteiger partial charge in [0.25, 0.3) is 0 Å². The van der Waals surface area contributed by atoms with Crippen molar-refractivity contribution in [1.29, 1.82) is 0 Å². The Morgan fingerprint density at radius 3 is 3.10 bits per heavy atom. The van der Waals surface area contributed by atoms with E-state index in [9.17, 15) is 4.79 Å². The van der Waals surface area contributed by atoms with Crippen molar-refractivity contribution in [2.24, 2.45) is 0 Å². The van der Waals surface area contributed by atoms with Crippen molar-refractivity contribution in [3.63, 3.8) is 0 Å². The SMILES string of the molecule is CCCn1cc(C(=O)c2ccc3c(c2)CNCC3)cn1. The number of fused-ring (bicyclic) bond motifs is 1. The molecule has 1 aromatic carbocycles. The predicted octanol–water partition coefficient (Wildman–Crippen LogP) is 2.17. The summed E-state index contributed by atoms with van der Waals surface area (Å²) < 4.78 is 1.83. The van der Waals surface area contributed by atoms with Gasteiger partial charge in [0.2, 0.25) is 0 Å². The third-order valence-corrected chi connectivity index (χ3v) is 3.70. The number of rotatable bonds is 4. The molecular formula is C16H19N3O. The molecule has 0 amide bonds. The summed E-state index contributed by atoms with van der Waals surface area (Å²) in [5.41, 5.74) is 4.01. The Hall–Kier alpha value is -1.94. The molecule has 0 fully saturated rings. The van der Waals surface area contributed by atoms with E-state index in [0.717, 1.165) is 38.0 Å². The molecule has 0 saturated carbocycles. The molecular weight excluding hydrogens is 250 g/mol. The number of aromatic nitrogens is 2. The van der Waals surface area contributed by atoms with Crippen LogP contribution in [0.4, 0.5) is 0 Å². The first kappa shape index (κ1) is 13.1. The molecule has 0 unspecified atom stereocenters. The summed E-state index contributed by atoms with van der Waals surface area (Å²) in [5.74, 6) is 0.0562. The first-order valence-corrected chi connectivity index (χ1v) is 7.17. The van der Waals surface area contributed by atoms with E-state index < -0.39 is 0 Å². The van der Waals surface area contributed by atoms with Gasteiger partial charge in [0.15, 0.2) is 5.78 Å². The second-order valence-electron chi connectivity index (χ2n) is 5.23. The molecule has 4 heteroatoms. The van der Waals surface area contributed by atoms with Crippen LogP contribution >= 0.6 is 0 Å². The van der Waals surface area contributed by atoms with Gasteiger partial charge in [-0.2, -0.15) is 5.10 Å². The van der Waals surface area contributed by atoms with E-state index in [2.05, 4.69) is 23.4 Å². The number of aryl methyl sites for hydroxylation is 1. The maximum absolute atomic E-state index is 12.5. The number of hydrogen-bond acceptors (Lipinski definition) is 3. The zero-order chi connectivity index (χ0) is 13.9. The number of nitrogens with one attached hydrogen (secondary N) is 1. The fourth-order valence-corrected chi connectivity index (χ4v) is 2.62. The molecule has 0 radical (unpaired) electrons. The van der Waals surface area contributed by atoms with Gasteiger partial charge in [-0.15, -0.1) is 0 Å². The number of ketones is 1. The largest absolute Gasteiger partial charge is 0.312 e. The Morgan fingerprint density at radius 1 is 1.35 bits per heavy atom. The molecule has 0 spiro atoms. The van der Waals surface area contributed by atoms with Crippen molar-refractivity contribution >= 4 is 5.78 Å². The molecule has 0 atom stereocenters. The summed E-state index contributed by atoms with van der Waals surface area (Å²) in [6.07, 6.45) is 5.55. The molecule has 2 heterocycles. The molecule has 1 aliphatic heterocycles. The summed E-state index contributed by atoms with van der Waals surface area (Å²) in [7, 11) is 0. The lowest BCUT2D eigenvalue weighted by Gasteiger charge is -2.17. The van der Waals surface area contributed by atoms with Crippen LogP contribution in [0.5, 0.6) is 0 Å². The lowest BCUT2D eigenvalue weighted by molar-refractivity contribution is 0.103. The second-order valence-corrected chi connectivity index (χ2v) is 5.23. The number of carbonyl (C=O) groups is 1. The summed E-state index contributed by atoms with van der Waals surface area (Å²) in [4.78, 5) is 12.5. The monoisotopic (exact) mass is 269 g/mol. The average molecular weight is 269 g/mol. The van der Waals surface area contributed by atoms with Gasteiger partial charge in [0, 0.05) is 24.8 Å². The van der Waals surface area contributed by atoms with Gasteiger partial charge in [-0.1, -0.05) is 19.1 Å². The molecule has 1 N–H and O–H groups in total. The number of carbonyl (C=O) groups excluding carboxylic acids is 1. The van der Waals surface area contributed by atoms with Crippen molar-refractivity contribution in [2.75, 3.05) is 6.54 Å². The van der Waals surface area contributed by atoms with Crippen LogP contribution in [-0.4, -0.2) is 22.1 Å². The van der Waals surface area contributed by atoms with Crippen molar-refractivity contribution < 1.29 is 4.79 Å². The second kappa shape index (κ2) is 5.59. The van der Waals surface area contributed by atoms with Gasteiger partial charge in [0.1, 0.15) is 0 Å². The molecule has 3 rings (SSSR count). The minimum atomic E-state index is 0.0562. The van der Waals surface area contributed by atoms with Crippen LogP contribution in [-0.2, 0) is 19.5 Å². The Labute approximate surface area is 118 Å². The number of nitrogens with zero attached hydrogens (tertiary/aromatic N) is 2. The van der Waals surface area contributed by atoms with E-state index in [1.54, 1.807) is 6.20 Å². The van der Waals surface area contributed by atoms with Gasteiger partial charge in [0.05, 0.1) is 11.8 Å². The van der Waals surface area contributed by atoms with Crippen LogP contribution in [0.1, 0.15) is 40.4 Å². The summed E-state index contributed by atoms with van der Waals surface area (Å²) in [6, 6.07) is 6.03. The van der Waals surface area contributed by atoms with Crippen molar-refractivity contribution in [2.45, 2.75) is 32.9 Å². The predicted molar refractivity (Wildman–Crippen MR) is 77.8 cm³/mol. The van der Waals surface area contributed by atoms with Crippen LogP contribution < -0.4 is 5.32 Å². The highest BCUT2D eigenvalue weighted by atomic mass is 16.1. The van der Waals surface area contributed by atoms with Crippen LogP contribution in [0.15, 0.2) is 30.6 Å². The van der Waals surface area contributed by atoms with E-state index in [1.807, 2.05) is 23.0 Å². The minimum Gasteiger partial charge on any atom is -0.312 e. The Kier molecular flexibility index (Phi) is 3.65. The van der Waals surface area contributed by atoms with Crippen LogP contribution in [0, 0.1) is 0 Å². The average Bonchev–Trinajstić information content (AvgIpc) is 2.95. The number of hydrogen-bond donors (Lipinski definition) is 1. The fourth-order valence-electron chi connectivity index (χ4n) is 2.62. The lowest BCUT2D eigenvalue weighted by atomic mass is 9.96. The zero-order valence-electron chi connectivity index (χ0n) is 11.7. The van der Waals surface area contributed by atoms with E-state index in [4.69, 9.17) is 0 Å². The summed E-state index contributed by atoms with van der Waals surface area (Å²) in [5, 5.41) is 7.56. The lowest BCUT2D eigenvalue weighted by Crippen LogP contribution is -2.23. The maximum atomic E-state index is 12.5. The normalized spacial score (nSPS) is 14.1. The number of benzene rings is 1. The molecule has 4 nitrogen and oxygen atoms in total. The summed E-state index contributed by atoms with van der Waals surface area (Å²) >= 11 is 0. The van der Waals surface area contributed by atoms with Gasteiger partial charge in [-0.05, 0) is 36.6 Å². The maximum Gasteiger partial charge on any atom is 0.196 e. The Balaban J connectivity index is 1.85. The van der Waals surface area contributed by atoms with Crippen molar-refractivity contribution in [3.8, 4) is 0 Å². The van der Waals surface area contributed by atoms with Crippen LogP contribution in [0.25, 0.3) is 0 Å². The zero-order valence-corrected chi connectivity index (χ0v) is 11.7. The van der Waals surface area contributed by atoms with Gasteiger partial charge in [-0.3, -0.25) is 9.48 Å². The van der Waals surface area contributed by atoms with E-state index in [1.165, 1.54) is 11.1 Å². The molecule has 1 aliphatic rings. The highest BCUT2D eigenvalue weighted by Crippen LogP contribution is 2.18. The first-order chi connectivity index (χ1) is 9.78. The van der Waals surface area contributed by atoms with Crippen LogP contribution in [0.3, 0.4) is 0 Å². The van der Waals surface area contributed by atoms with Crippen LogP contribution in [0.2, 0.25) is 0 Å². The van der Waals surface area contributed by atoms with Crippen molar-refractivity contribution in [1.82, 2.24) is 15.1 Å².